The monoisotopic (exact) mass is 378 g/mol. The van der Waals surface area contributed by atoms with E-state index in [9.17, 15) is 19.8 Å². The van der Waals surface area contributed by atoms with Crippen molar-refractivity contribution < 1.29 is 19.8 Å². The molecule has 4 heteroatoms. The summed E-state index contributed by atoms with van der Waals surface area (Å²) in [6, 6.07) is 3.02. The van der Waals surface area contributed by atoms with Gasteiger partial charge in [0.25, 0.3) is 0 Å². The van der Waals surface area contributed by atoms with Crippen molar-refractivity contribution in [2.45, 2.75) is 38.5 Å². The van der Waals surface area contributed by atoms with Crippen LogP contribution in [0.25, 0.3) is 0 Å². The Kier molecular flexibility index (Phi) is 4.18. The number of aromatic carboxylic acids is 2. The van der Waals surface area contributed by atoms with E-state index in [2.05, 4.69) is 24.3 Å². The number of carboxylic acids is 2. The smallest absolute Gasteiger partial charge is 0.335 e. The Morgan fingerprint density at radius 1 is 0.714 bits per heavy atom. The van der Waals surface area contributed by atoms with Crippen LogP contribution in [0.2, 0.25) is 0 Å². The highest BCUT2D eigenvalue weighted by atomic mass is 16.4. The van der Waals surface area contributed by atoms with Gasteiger partial charge < -0.3 is 10.2 Å². The maximum absolute atomic E-state index is 12.0. The molecule has 4 nitrogen and oxygen atoms in total. The number of allylic oxidation sites excluding steroid dienone is 4. The van der Waals surface area contributed by atoms with Crippen LogP contribution in [0, 0.1) is 35.5 Å². The molecule has 4 aliphatic rings. The van der Waals surface area contributed by atoms with E-state index in [0.717, 1.165) is 36.8 Å². The lowest BCUT2D eigenvalue weighted by Gasteiger charge is -2.25. The minimum atomic E-state index is -0.945. The lowest BCUT2D eigenvalue weighted by Crippen LogP contribution is -2.20. The Hall–Kier alpha value is -2.36. The molecule has 146 valence electrons. The molecular formula is C24H26O4. The summed E-state index contributed by atoms with van der Waals surface area (Å²) >= 11 is 0. The number of rotatable bonds is 6. The Bertz CT molecular complexity index is 823. The number of hydrogen-bond donors (Lipinski definition) is 2. The first-order valence-corrected chi connectivity index (χ1v) is 10.5. The summed E-state index contributed by atoms with van der Waals surface area (Å²) in [6.45, 7) is 0. The zero-order valence-corrected chi connectivity index (χ0v) is 15.9. The average molecular weight is 378 g/mol. The van der Waals surface area contributed by atoms with E-state index >= 15 is 0 Å². The molecule has 0 radical (unpaired) electrons. The van der Waals surface area contributed by atoms with Gasteiger partial charge in [-0.1, -0.05) is 24.3 Å². The summed E-state index contributed by atoms with van der Waals surface area (Å²) in [5.74, 6) is 1.22. The Labute approximate surface area is 165 Å². The van der Waals surface area contributed by atoms with Crippen LogP contribution < -0.4 is 0 Å². The second-order valence-electron chi connectivity index (χ2n) is 9.22. The van der Waals surface area contributed by atoms with Crippen LogP contribution >= 0.6 is 0 Å². The molecule has 5 rings (SSSR count). The Morgan fingerprint density at radius 3 is 1.43 bits per heavy atom. The maximum atomic E-state index is 12.0. The third-order valence-corrected chi connectivity index (χ3v) is 7.66. The first-order valence-electron chi connectivity index (χ1n) is 10.5. The molecule has 1 aromatic carbocycles. The van der Waals surface area contributed by atoms with Crippen molar-refractivity contribution in [3.05, 3.63) is 58.7 Å². The molecule has 28 heavy (non-hydrogen) atoms. The van der Waals surface area contributed by atoms with E-state index in [1.165, 1.54) is 12.1 Å². The fourth-order valence-corrected chi connectivity index (χ4v) is 6.34. The molecule has 0 aliphatic heterocycles. The summed E-state index contributed by atoms with van der Waals surface area (Å²) < 4.78 is 0. The van der Waals surface area contributed by atoms with Crippen molar-refractivity contribution in [1.82, 2.24) is 0 Å². The van der Waals surface area contributed by atoms with Crippen LogP contribution in [0.1, 0.15) is 57.5 Å². The number of fused-ring (bicyclic) bond motifs is 4. The zero-order valence-electron chi connectivity index (χ0n) is 15.9. The number of hydrogen-bond acceptors (Lipinski definition) is 2. The van der Waals surface area contributed by atoms with Gasteiger partial charge in [0, 0.05) is 0 Å². The molecule has 2 N–H and O–H groups in total. The molecule has 2 saturated carbocycles. The first-order chi connectivity index (χ1) is 13.5. The largest absolute Gasteiger partial charge is 0.478 e. The third kappa shape index (κ3) is 2.90. The van der Waals surface area contributed by atoms with Gasteiger partial charge in [-0.25, -0.2) is 9.59 Å². The molecule has 0 amide bonds. The van der Waals surface area contributed by atoms with E-state index in [1.807, 2.05) is 0 Å². The maximum Gasteiger partial charge on any atom is 0.335 e. The van der Waals surface area contributed by atoms with Crippen molar-refractivity contribution in [2.24, 2.45) is 35.5 Å². The second-order valence-corrected chi connectivity index (χ2v) is 9.22. The van der Waals surface area contributed by atoms with Gasteiger partial charge in [-0.15, -0.1) is 0 Å². The molecule has 1 aromatic rings. The second kappa shape index (κ2) is 6.61. The van der Waals surface area contributed by atoms with E-state index in [-0.39, 0.29) is 0 Å². The van der Waals surface area contributed by atoms with Crippen LogP contribution in [0.4, 0.5) is 0 Å². The minimum Gasteiger partial charge on any atom is -0.478 e. The number of carboxylic acid groups (broad SMARTS) is 2. The van der Waals surface area contributed by atoms with Crippen LogP contribution in [-0.2, 0) is 12.8 Å². The van der Waals surface area contributed by atoms with Crippen molar-refractivity contribution in [2.75, 3.05) is 0 Å². The van der Waals surface area contributed by atoms with Crippen molar-refractivity contribution in [3.8, 4) is 0 Å². The fraction of sp³-hybridized carbons (Fsp3) is 0.500. The first kappa shape index (κ1) is 17.7. The molecule has 0 aromatic heterocycles. The van der Waals surface area contributed by atoms with Crippen LogP contribution in [0.5, 0.6) is 0 Å². The SMILES string of the molecule is O=C(O)c1ccc(C(=O)O)c(CC2CC3C=CC2C3)c1CC1CC2C=CC1C2. The highest BCUT2D eigenvalue weighted by Crippen LogP contribution is 2.47. The van der Waals surface area contributed by atoms with Crippen LogP contribution in [0.3, 0.4) is 0 Å². The van der Waals surface area contributed by atoms with Gasteiger partial charge in [0.05, 0.1) is 11.1 Å². The van der Waals surface area contributed by atoms with E-state index in [1.54, 1.807) is 0 Å². The lowest BCUT2D eigenvalue weighted by atomic mass is 9.79. The van der Waals surface area contributed by atoms with Crippen molar-refractivity contribution in [1.29, 1.82) is 0 Å². The molecule has 6 unspecified atom stereocenters. The molecule has 2 fully saturated rings. The molecule has 0 heterocycles. The van der Waals surface area contributed by atoms with Crippen LogP contribution in [-0.4, -0.2) is 22.2 Å². The van der Waals surface area contributed by atoms with E-state index < -0.39 is 11.9 Å². The predicted molar refractivity (Wildman–Crippen MR) is 105 cm³/mol. The van der Waals surface area contributed by atoms with Gasteiger partial charge >= 0.3 is 11.9 Å². The van der Waals surface area contributed by atoms with E-state index in [4.69, 9.17) is 0 Å². The van der Waals surface area contributed by atoms with Gasteiger partial charge in [0.15, 0.2) is 0 Å². The molecule has 6 atom stereocenters. The Morgan fingerprint density at radius 2 is 1.14 bits per heavy atom. The summed E-state index contributed by atoms with van der Waals surface area (Å²) in [6.07, 6.45) is 15.0. The van der Waals surface area contributed by atoms with Gasteiger partial charge in [-0.05, 0) is 97.3 Å². The lowest BCUT2D eigenvalue weighted by molar-refractivity contribution is 0.0678. The van der Waals surface area contributed by atoms with E-state index in [0.29, 0.717) is 59.5 Å². The number of benzene rings is 1. The fourth-order valence-electron chi connectivity index (χ4n) is 6.34. The zero-order chi connectivity index (χ0) is 19.4. The summed E-state index contributed by atoms with van der Waals surface area (Å²) in [7, 11) is 0. The third-order valence-electron chi connectivity index (χ3n) is 7.66. The van der Waals surface area contributed by atoms with Crippen LogP contribution in [0.15, 0.2) is 36.4 Å². The molecular weight excluding hydrogens is 352 g/mol. The minimum absolute atomic E-state index is 0.297. The molecule has 4 bridgehead atoms. The average Bonchev–Trinajstić information content (AvgIpc) is 3.43. The van der Waals surface area contributed by atoms with Gasteiger partial charge in [0.1, 0.15) is 0 Å². The van der Waals surface area contributed by atoms with Gasteiger partial charge in [-0.3, -0.25) is 0 Å². The predicted octanol–water partition coefficient (Wildman–Crippen LogP) is 4.59. The number of carbonyl (C=O) groups is 2. The molecule has 4 aliphatic carbocycles. The summed E-state index contributed by atoms with van der Waals surface area (Å²) in [4.78, 5) is 24.0. The highest BCUT2D eigenvalue weighted by Gasteiger charge is 2.39. The summed E-state index contributed by atoms with van der Waals surface area (Å²) in [5, 5.41) is 19.6. The van der Waals surface area contributed by atoms with Crippen molar-refractivity contribution >= 4 is 11.9 Å². The van der Waals surface area contributed by atoms with Crippen molar-refractivity contribution in [3.63, 3.8) is 0 Å². The standard InChI is InChI=1S/C24H26O4/c25-23(26)19-5-6-20(24(27)28)22(12-18-10-14-2-4-16(18)8-14)21(19)11-17-9-13-1-3-15(17)7-13/h1-6,13-18H,7-12H2,(H,25,26)(H,27,28). The topological polar surface area (TPSA) is 74.6 Å². The molecule has 0 saturated heterocycles. The summed E-state index contributed by atoms with van der Waals surface area (Å²) in [5.41, 5.74) is 2.16. The van der Waals surface area contributed by atoms with Gasteiger partial charge in [-0.2, -0.15) is 0 Å². The van der Waals surface area contributed by atoms with Gasteiger partial charge in [0.2, 0.25) is 0 Å². The highest BCUT2D eigenvalue weighted by molar-refractivity contribution is 5.95. The molecule has 0 spiro atoms. The Balaban J connectivity index is 1.54. The normalized spacial score (nSPS) is 34.4. The quantitative estimate of drug-likeness (QED) is 0.710.